The van der Waals surface area contributed by atoms with Gasteiger partial charge < -0.3 is 14.6 Å². The molecule has 5 heteroatoms. The number of benzene rings is 2. The number of aromatic carboxylic acids is 1. The normalized spacial score (nSPS) is 10.1. The van der Waals surface area contributed by atoms with Gasteiger partial charge in [-0.05, 0) is 30.5 Å². The number of rotatable bonds is 7. The molecule has 2 aromatic carbocycles. The number of hydrogen-bond acceptors (Lipinski definition) is 4. The van der Waals surface area contributed by atoms with Gasteiger partial charge >= 0.3 is 5.97 Å². The summed E-state index contributed by atoms with van der Waals surface area (Å²) < 4.78 is 11.1. The lowest BCUT2D eigenvalue weighted by Gasteiger charge is -2.11. The average molecular weight is 304 g/mol. The molecule has 0 aliphatic heterocycles. The van der Waals surface area contributed by atoms with Crippen molar-refractivity contribution < 1.29 is 19.4 Å². The van der Waals surface area contributed by atoms with Crippen molar-refractivity contribution in [1.29, 1.82) is 0 Å². The molecule has 110 valence electrons. The molecule has 0 aliphatic rings. The van der Waals surface area contributed by atoms with Gasteiger partial charge in [0.2, 0.25) is 0 Å². The molecule has 0 atom stereocenters. The molecule has 0 spiro atoms. The van der Waals surface area contributed by atoms with Gasteiger partial charge in [0.05, 0.1) is 0 Å². The zero-order chi connectivity index (χ0) is 15.1. The molecule has 0 amide bonds. The third kappa shape index (κ3) is 4.16. The van der Waals surface area contributed by atoms with Gasteiger partial charge in [-0.2, -0.15) is 0 Å². The number of thioether (sulfide) groups is 1. The number of hydrogen-bond donors (Lipinski definition) is 1. The highest BCUT2D eigenvalue weighted by Gasteiger charge is 2.10. The van der Waals surface area contributed by atoms with Gasteiger partial charge in [-0.25, -0.2) is 4.79 Å². The molecule has 2 aromatic rings. The second-order valence-corrected chi connectivity index (χ2v) is 5.00. The van der Waals surface area contributed by atoms with E-state index in [0.717, 1.165) is 10.6 Å². The van der Waals surface area contributed by atoms with Crippen LogP contribution in [0.2, 0.25) is 0 Å². The molecule has 0 aliphatic carbocycles. The van der Waals surface area contributed by atoms with Crippen molar-refractivity contribution in [3.8, 4) is 11.5 Å². The van der Waals surface area contributed by atoms with Gasteiger partial charge in [0.25, 0.3) is 0 Å². The summed E-state index contributed by atoms with van der Waals surface area (Å²) in [7, 11) is 0. The number of carboxylic acids is 1. The van der Waals surface area contributed by atoms with Gasteiger partial charge in [-0.15, -0.1) is 11.8 Å². The standard InChI is InChI=1S/C16H16O4S/c1-21-15-9-5-4-8-14(15)20-11-10-19-13-7-3-2-6-12(13)16(17)18/h2-9H,10-11H2,1H3,(H,17,18). The van der Waals surface area contributed by atoms with E-state index in [2.05, 4.69) is 0 Å². The molecule has 1 N–H and O–H groups in total. The zero-order valence-electron chi connectivity index (χ0n) is 11.6. The Balaban J connectivity index is 1.89. The van der Waals surface area contributed by atoms with Crippen LogP contribution in [0.3, 0.4) is 0 Å². The van der Waals surface area contributed by atoms with Crippen LogP contribution >= 0.6 is 11.8 Å². The largest absolute Gasteiger partial charge is 0.489 e. The Morgan fingerprint density at radius 2 is 1.57 bits per heavy atom. The van der Waals surface area contributed by atoms with Crippen molar-refractivity contribution in [2.24, 2.45) is 0 Å². The monoisotopic (exact) mass is 304 g/mol. The summed E-state index contributed by atoms with van der Waals surface area (Å²) in [5.41, 5.74) is 0.155. The van der Waals surface area contributed by atoms with Gasteiger partial charge in [-0.3, -0.25) is 0 Å². The minimum atomic E-state index is -1.00. The van der Waals surface area contributed by atoms with E-state index in [0.29, 0.717) is 12.4 Å². The van der Waals surface area contributed by atoms with Crippen molar-refractivity contribution in [2.75, 3.05) is 19.5 Å². The fraction of sp³-hybridized carbons (Fsp3) is 0.188. The van der Waals surface area contributed by atoms with E-state index >= 15 is 0 Å². The minimum Gasteiger partial charge on any atom is -0.489 e. The first-order valence-corrected chi connectivity index (χ1v) is 7.66. The highest BCUT2D eigenvalue weighted by Crippen LogP contribution is 2.26. The second kappa shape index (κ2) is 7.59. The Hall–Kier alpha value is -2.14. The summed E-state index contributed by atoms with van der Waals surface area (Å²) in [5, 5.41) is 9.05. The van der Waals surface area contributed by atoms with Crippen LogP contribution in [0.1, 0.15) is 10.4 Å². The van der Waals surface area contributed by atoms with E-state index in [1.165, 1.54) is 6.07 Å². The Morgan fingerprint density at radius 1 is 1.00 bits per heavy atom. The fourth-order valence-corrected chi connectivity index (χ4v) is 2.35. The Morgan fingerprint density at radius 3 is 2.24 bits per heavy atom. The van der Waals surface area contributed by atoms with E-state index in [-0.39, 0.29) is 12.2 Å². The summed E-state index contributed by atoms with van der Waals surface area (Å²) in [6, 6.07) is 14.3. The molecule has 0 fully saturated rings. The predicted molar refractivity (Wildman–Crippen MR) is 82.6 cm³/mol. The minimum absolute atomic E-state index is 0.155. The summed E-state index contributed by atoms with van der Waals surface area (Å²) in [4.78, 5) is 12.1. The van der Waals surface area contributed by atoms with Crippen molar-refractivity contribution in [3.05, 3.63) is 54.1 Å². The third-order valence-electron chi connectivity index (χ3n) is 2.79. The van der Waals surface area contributed by atoms with Crippen LogP contribution in [0, 0.1) is 0 Å². The highest BCUT2D eigenvalue weighted by atomic mass is 32.2. The fourth-order valence-electron chi connectivity index (χ4n) is 1.81. The summed E-state index contributed by atoms with van der Waals surface area (Å²) in [5.74, 6) is 0.158. The molecular formula is C16H16O4S. The highest BCUT2D eigenvalue weighted by molar-refractivity contribution is 7.98. The molecular weight excluding hydrogens is 288 g/mol. The summed E-state index contributed by atoms with van der Waals surface area (Å²) in [6.45, 7) is 0.637. The number of ether oxygens (including phenoxy) is 2. The molecule has 0 bridgehead atoms. The molecule has 2 rings (SSSR count). The van der Waals surface area contributed by atoms with Crippen LogP contribution < -0.4 is 9.47 Å². The lowest BCUT2D eigenvalue weighted by atomic mass is 10.2. The quantitative estimate of drug-likeness (QED) is 0.626. The van der Waals surface area contributed by atoms with Gasteiger partial charge in [0.1, 0.15) is 30.3 Å². The lowest BCUT2D eigenvalue weighted by Crippen LogP contribution is -2.11. The Bertz CT molecular complexity index is 613. The molecule has 0 aromatic heterocycles. The number of para-hydroxylation sites is 2. The van der Waals surface area contributed by atoms with E-state index < -0.39 is 5.97 Å². The number of carboxylic acid groups (broad SMARTS) is 1. The molecule has 0 saturated carbocycles. The van der Waals surface area contributed by atoms with Crippen LogP contribution in [0.4, 0.5) is 0 Å². The van der Waals surface area contributed by atoms with Crippen LogP contribution in [-0.2, 0) is 0 Å². The van der Waals surface area contributed by atoms with Crippen LogP contribution in [0.25, 0.3) is 0 Å². The summed E-state index contributed by atoms with van der Waals surface area (Å²) in [6.07, 6.45) is 1.99. The first kappa shape index (κ1) is 15.3. The van der Waals surface area contributed by atoms with Crippen LogP contribution in [0.5, 0.6) is 11.5 Å². The van der Waals surface area contributed by atoms with E-state index in [1.807, 2.05) is 30.5 Å². The Labute approximate surface area is 127 Å². The van der Waals surface area contributed by atoms with Crippen molar-refractivity contribution in [1.82, 2.24) is 0 Å². The van der Waals surface area contributed by atoms with E-state index in [4.69, 9.17) is 14.6 Å². The topological polar surface area (TPSA) is 55.8 Å². The van der Waals surface area contributed by atoms with Crippen LogP contribution in [-0.4, -0.2) is 30.5 Å². The van der Waals surface area contributed by atoms with Crippen molar-refractivity contribution >= 4 is 17.7 Å². The lowest BCUT2D eigenvalue weighted by molar-refractivity contribution is 0.0691. The molecule has 0 heterocycles. The first-order valence-electron chi connectivity index (χ1n) is 6.43. The SMILES string of the molecule is CSc1ccccc1OCCOc1ccccc1C(=O)O. The van der Waals surface area contributed by atoms with Crippen molar-refractivity contribution in [2.45, 2.75) is 4.90 Å². The Kier molecular flexibility index (Phi) is 5.51. The smallest absolute Gasteiger partial charge is 0.339 e. The molecule has 0 unspecified atom stereocenters. The second-order valence-electron chi connectivity index (χ2n) is 4.15. The average Bonchev–Trinajstić information content (AvgIpc) is 2.52. The van der Waals surface area contributed by atoms with Crippen LogP contribution in [0.15, 0.2) is 53.4 Å². The molecule has 0 saturated heterocycles. The molecule has 21 heavy (non-hydrogen) atoms. The molecule has 4 nitrogen and oxygen atoms in total. The number of carbonyl (C=O) groups is 1. The van der Waals surface area contributed by atoms with Gasteiger partial charge in [0.15, 0.2) is 0 Å². The first-order chi connectivity index (χ1) is 10.2. The van der Waals surface area contributed by atoms with E-state index in [1.54, 1.807) is 30.0 Å². The maximum Gasteiger partial charge on any atom is 0.339 e. The third-order valence-corrected chi connectivity index (χ3v) is 3.56. The van der Waals surface area contributed by atoms with Crippen molar-refractivity contribution in [3.63, 3.8) is 0 Å². The van der Waals surface area contributed by atoms with Gasteiger partial charge in [-0.1, -0.05) is 24.3 Å². The molecule has 0 radical (unpaired) electrons. The van der Waals surface area contributed by atoms with Gasteiger partial charge in [0, 0.05) is 4.90 Å². The predicted octanol–water partition coefficient (Wildman–Crippen LogP) is 3.56. The van der Waals surface area contributed by atoms with E-state index in [9.17, 15) is 4.79 Å². The summed E-state index contributed by atoms with van der Waals surface area (Å²) >= 11 is 1.61. The zero-order valence-corrected chi connectivity index (χ0v) is 12.4. The maximum atomic E-state index is 11.0. The maximum absolute atomic E-state index is 11.0.